The number of hydrogen-bond donors (Lipinski definition) is 2. The number of rotatable bonds is 3. The Hall–Kier alpha value is -1.53. The number of aromatic nitrogens is 2. The summed E-state index contributed by atoms with van der Waals surface area (Å²) in [6, 6.07) is 1.43. The lowest BCUT2D eigenvalue weighted by Crippen LogP contribution is -2.47. The molecule has 1 aromatic heterocycles. The van der Waals surface area contributed by atoms with Crippen molar-refractivity contribution in [3.05, 3.63) is 24.3 Å². The van der Waals surface area contributed by atoms with Crippen LogP contribution in [0, 0.1) is 0 Å². The van der Waals surface area contributed by atoms with Crippen LogP contribution in [0.5, 0.6) is 0 Å². The van der Waals surface area contributed by atoms with Crippen molar-refractivity contribution < 1.29 is 4.79 Å². The maximum atomic E-state index is 12.3. The summed E-state index contributed by atoms with van der Waals surface area (Å²) in [7, 11) is 0. The minimum Gasteiger partial charge on any atom is -0.337 e. The Balaban J connectivity index is 1.48. The predicted molar refractivity (Wildman–Crippen MR) is 79.7 cm³/mol. The van der Waals surface area contributed by atoms with Crippen molar-refractivity contribution in [3.63, 3.8) is 0 Å². The summed E-state index contributed by atoms with van der Waals surface area (Å²) in [4.78, 5) is 22.2. The molecular formula is C15H23N5O. The van der Waals surface area contributed by atoms with Gasteiger partial charge in [-0.3, -0.25) is 9.78 Å². The Morgan fingerprint density at radius 3 is 2.62 bits per heavy atom. The molecule has 3 rings (SSSR count). The van der Waals surface area contributed by atoms with E-state index in [0.29, 0.717) is 23.8 Å². The van der Waals surface area contributed by atoms with Crippen molar-refractivity contribution in [2.75, 3.05) is 13.1 Å². The predicted octanol–water partition coefficient (Wildman–Crippen LogP) is 0.551. The Bertz CT molecular complexity index is 472. The van der Waals surface area contributed by atoms with Gasteiger partial charge in [-0.25, -0.2) is 4.98 Å². The molecule has 3 N–H and O–H groups in total. The lowest BCUT2D eigenvalue weighted by Gasteiger charge is -2.33. The second kappa shape index (κ2) is 6.49. The third kappa shape index (κ3) is 3.57. The second-order valence-electron chi connectivity index (χ2n) is 6.09. The first-order valence-corrected chi connectivity index (χ1v) is 7.79. The zero-order valence-electron chi connectivity index (χ0n) is 12.2. The van der Waals surface area contributed by atoms with Gasteiger partial charge in [0.2, 0.25) is 0 Å². The molecule has 0 spiro atoms. The van der Waals surface area contributed by atoms with Gasteiger partial charge in [-0.15, -0.1) is 0 Å². The number of hydrogen-bond acceptors (Lipinski definition) is 5. The maximum Gasteiger partial charge on any atom is 0.274 e. The van der Waals surface area contributed by atoms with E-state index in [0.717, 1.165) is 38.8 Å². The molecule has 2 aliphatic rings. The van der Waals surface area contributed by atoms with E-state index in [2.05, 4.69) is 15.3 Å². The highest BCUT2D eigenvalue weighted by molar-refractivity contribution is 5.92. The highest BCUT2D eigenvalue weighted by Gasteiger charge is 2.28. The minimum absolute atomic E-state index is 0.00978. The van der Waals surface area contributed by atoms with Gasteiger partial charge in [-0.2, -0.15) is 0 Å². The summed E-state index contributed by atoms with van der Waals surface area (Å²) in [5.74, 6) is -0.00978. The lowest BCUT2D eigenvalue weighted by molar-refractivity contribution is 0.0695. The smallest absolute Gasteiger partial charge is 0.274 e. The Morgan fingerprint density at radius 2 is 2.00 bits per heavy atom. The van der Waals surface area contributed by atoms with Crippen molar-refractivity contribution in [2.45, 2.75) is 50.2 Å². The molecule has 1 aliphatic heterocycles. The largest absolute Gasteiger partial charge is 0.337 e. The average molecular weight is 289 g/mol. The van der Waals surface area contributed by atoms with Crippen molar-refractivity contribution >= 4 is 5.91 Å². The van der Waals surface area contributed by atoms with Crippen molar-refractivity contribution in [1.82, 2.24) is 20.2 Å². The molecule has 2 heterocycles. The quantitative estimate of drug-likeness (QED) is 0.849. The van der Waals surface area contributed by atoms with Gasteiger partial charge in [0.25, 0.3) is 5.91 Å². The van der Waals surface area contributed by atoms with Gasteiger partial charge in [-0.1, -0.05) is 0 Å². The number of likely N-dealkylation sites (tertiary alicyclic amines) is 1. The third-order valence-electron chi connectivity index (χ3n) is 4.51. The lowest BCUT2D eigenvalue weighted by atomic mass is 10.0. The van der Waals surface area contributed by atoms with Crippen LogP contribution in [-0.2, 0) is 0 Å². The van der Waals surface area contributed by atoms with Crippen molar-refractivity contribution in [3.8, 4) is 0 Å². The van der Waals surface area contributed by atoms with Crippen LogP contribution < -0.4 is 11.1 Å². The highest BCUT2D eigenvalue weighted by Crippen LogP contribution is 2.20. The van der Waals surface area contributed by atoms with Crippen LogP contribution in [0.4, 0.5) is 0 Å². The molecule has 0 radical (unpaired) electrons. The van der Waals surface area contributed by atoms with E-state index < -0.39 is 0 Å². The Morgan fingerprint density at radius 1 is 1.19 bits per heavy atom. The third-order valence-corrected chi connectivity index (χ3v) is 4.51. The fraction of sp³-hybridized carbons (Fsp3) is 0.667. The Kier molecular flexibility index (Phi) is 4.45. The molecule has 2 fully saturated rings. The van der Waals surface area contributed by atoms with E-state index in [1.54, 1.807) is 12.4 Å². The number of nitrogens with two attached hydrogens (primary N) is 1. The molecule has 6 heteroatoms. The number of nitrogens with one attached hydrogen (secondary N) is 1. The van der Waals surface area contributed by atoms with Gasteiger partial charge in [0.1, 0.15) is 5.69 Å². The van der Waals surface area contributed by atoms with Crippen LogP contribution in [0.3, 0.4) is 0 Å². The first-order valence-electron chi connectivity index (χ1n) is 7.79. The summed E-state index contributed by atoms with van der Waals surface area (Å²) in [6.07, 6.45) is 10.1. The molecule has 0 bridgehead atoms. The molecular weight excluding hydrogens is 266 g/mol. The molecule has 1 aromatic rings. The molecule has 2 atom stereocenters. The SMILES string of the molecule is N[C@@H]1CC[C@@H](NC2CCN(C(=O)c3cnccn3)CC2)C1. The van der Waals surface area contributed by atoms with E-state index in [1.165, 1.54) is 12.6 Å². The molecule has 1 saturated carbocycles. The molecule has 0 aromatic carbocycles. The molecule has 0 unspecified atom stereocenters. The molecule has 21 heavy (non-hydrogen) atoms. The standard InChI is InChI=1S/C15H23N5O/c16-11-1-2-13(9-11)19-12-3-7-20(8-4-12)15(21)14-10-17-5-6-18-14/h5-6,10-13,19H,1-4,7-9,16H2/t11-,13-/m1/s1. The molecule has 1 saturated heterocycles. The summed E-state index contributed by atoms with van der Waals surface area (Å²) in [6.45, 7) is 1.57. The fourth-order valence-corrected chi connectivity index (χ4v) is 3.32. The summed E-state index contributed by atoms with van der Waals surface area (Å²) in [5.41, 5.74) is 6.39. The van der Waals surface area contributed by atoms with Crippen molar-refractivity contribution in [1.29, 1.82) is 0 Å². The number of nitrogens with zero attached hydrogens (tertiary/aromatic N) is 3. The van der Waals surface area contributed by atoms with Gasteiger partial charge in [0.05, 0.1) is 6.20 Å². The topological polar surface area (TPSA) is 84.1 Å². The monoisotopic (exact) mass is 289 g/mol. The van der Waals surface area contributed by atoms with Crippen LogP contribution in [-0.4, -0.2) is 52.0 Å². The van der Waals surface area contributed by atoms with Gasteiger partial charge < -0.3 is 16.0 Å². The zero-order valence-corrected chi connectivity index (χ0v) is 12.2. The van der Waals surface area contributed by atoms with E-state index in [1.807, 2.05) is 4.90 Å². The molecule has 114 valence electrons. The van der Waals surface area contributed by atoms with E-state index in [9.17, 15) is 4.79 Å². The molecule has 6 nitrogen and oxygen atoms in total. The first kappa shape index (κ1) is 14.4. The van der Waals surface area contributed by atoms with Crippen LogP contribution in [0.15, 0.2) is 18.6 Å². The Labute approximate surface area is 125 Å². The van der Waals surface area contributed by atoms with Gasteiger partial charge >= 0.3 is 0 Å². The number of carbonyl (C=O) groups is 1. The van der Waals surface area contributed by atoms with Gasteiger partial charge in [-0.05, 0) is 32.1 Å². The normalized spacial score (nSPS) is 27.0. The van der Waals surface area contributed by atoms with Crippen LogP contribution in [0.25, 0.3) is 0 Å². The van der Waals surface area contributed by atoms with Crippen molar-refractivity contribution in [2.24, 2.45) is 5.73 Å². The van der Waals surface area contributed by atoms with E-state index in [-0.39, 0.29) is 5.91 Å². The second-order valence-corrected chi connectivity index (χ2v) is 6.09. The van der Waals surface area contributed by atoms with Crippen LogP contribution in [0.2, 0.25) is 0 Å². The maximum absolute atomic E-state index is 12.3. The minimum atomic E-state index is -0.00978. The van der Waals surface area contributed by atoms with Crippen LogP contribution >= 0.6 is 0 Å². The van der Waals surface area contributed by atoms with E-state index >= 15 is 0 Å². The van der Waals surface area contributed by atoms with E-state index in [4.69, 9.17) is 5.73 Å². The summed E-state index contributed by atoms with van der Waals surface area (Å²) >= 11 is 0. The summed E-state index contributed by atoms with van der Waals surface area (Å²) < 4.78 is 0. The van der Waals surface area contributed by atoms with Gasteiger partial charge in [0.15, 0.2) is 0 Å². The van der Waals surface area contributed by atoms with Crippen LogP contribution in [0.1, 0.15) is 42.6 Å². The number of carbonyl (C=O) groups excluding carboxylic acids is 1. The first-order chi connectivity index (χ1) is 10.2. The fourth-order valence-electron chi connectivity index (χ4n) is 3.32. The molecule has 1 aliphatic carbocycles. The summed E-state index contributed by atoms with van der Waals surface area (Å²) in [5, 5.41) is 3.70. The molecule has 1 amide bonds. The average Bonchev–Trinajstić information content (AvgIpc) is 2.93. The highest BCUT2D eigenvalue weighted by atomic mass is 16.2. The number of piperidine rings is 1. The number of amides is 1. The zero-order chi connectivity index (χ0) is 14.7. The van der Waals surface area contributed by atoms with Gasteiger partial charge in [0, 0.05) is 43.6 Å².